The van der Waals surface area contributed by atoms with Gasteiger partial charge in [0.15, 0.2) is 0 Å². The third kappa shape index (κ3) is 7.32. The van der Waals surface area contributed by atoms with Gasteiger partial charge in [0, 0.05) is 28.4 Å². The van der Waals surface area contributed by atoms with E-state index in [1.54, 1.807) is 0 Å². The summed E-state index contributed by atoms with van der Waals surface area (Å²) in [5.74, 6) is 0. The normalized spacial score (nSPS) is 14.9. The molecular formula is C57H48N2S. The molecule has 3 heteroatoms. The van der Waals surface area contributed by atoms with E-state index < -0.39 is 0 Å². The maximum atomic E-state index is 5.35. The van der Waals surface area contributed by atoms with Crippen molar-refractivity contribution in [2.24, 2.45) is 5.73 Å². The average molecular weight is 793 g/mol. The highest BCUT2D eigenvalue weighted by Crippen LogP contribution is 2.59. The van der Waals surface area contributed by atoms with E-state index >= 15 is 0 Å². The molecule has 0 saturated heterocycles. The van der Waals surface area contributed by atoms with Gasteiger partial charge in [-0.1, -0.05) is 188 Å². The molecule has 1 unspecified atom stereocenters. The molecule has 0 fully saturated rings. The Bertz CT molecular complexity index is 2980. The van der Waals surface area contributed by atoms with Crippen LogP contribution in [0.4, 0.5) is 0 Å². The molecule has 0 aliphatic heterocycles. The van der Waals surface area contributed by atoms with E-state index in [9.17, 15) is 0 Å². The second-order valence-electron chi connectivity index (χ2n) is 15.6. The molecule has 0 bridgehead atoms. The Morgan fingerprint density at radius 1 is 0.583 bits per heavy atom. The lowest BCUT2D eigenvalue weighted by Gasteiger charge is -2.35. The monoisotopic (exact) mass is 792 g/mol. The highest BCUT2D eigenvalue weighted by Gasteiger charge is 2.47. The van der Waals surface area contributed by atoms with E-state index in [0.29, 0.717) is 6.54 Å². The number of aromatic nitrogens is 1. The number of pyridine rings is 1. The summed E-state index contributed by atoms with van der Waals surface area (Å²) in [6.07, 6.45) is 11.3. The minimum Gasteiger partial charge on any atom is -0.326 e. The van der Waals surface area contributed by atoms with E-state index in [0.717, 1.165) is 18.4 Å². The molecule has 2 nitrogen and oxygen atoms in total. The van der Waals surface area contributed by atoms with Gasteiger partial charge in [-0.25, -0.2) is 0 Å². The molecule has 1 atom stereocenters. The smallest absolute Gasteiger partial charge is 0.0894 e. The minimum atomic E-state index is -0.360. The van der Waals surface area contributed by atoms with Gasteiger partial charge in [-0.3, -0.25) is 4.98 Å². The van der Waals surface area contributed by atoms with E-state index in [2.05, 4.69) is 166 Å². The van der Waals surface area contributed by atoms with Crippen LogP contribution in [0.15, 0.2) is 212 Å². The molecule has 7 aromatic carbocycles. The molecule has 9 aromatic rings. The first-order chi connectivity index (χ1) is 29.6. The van der Waals surface area contributed by atoms with E-state index in [1.165, 1.54) is 87.1 Å². The van der Waals surface area contributed by atoms with E-state index in [-0.39, 0.29) is 5.41 Å². The topological polar surface area (TPSA) is 38.9 Å². The molecule has 0 amide bonds. The van der Waals surface area contributed by atoms with Crippen LogP contribution < -0.4 is 5.73 Å². The molecule has 2 N–H and O–H groups in total. The molecule has 292 valence electrons. The van der Waals surface area contributed by atoms with Crippen molar-refractivity contribution in [1.82, 2.24) is 4.98 Å². The Balaban J connectivity index is 0.000000260. The highest BCUT2D eigenvalue weighted by atomic mass is 32.1. The van der Waals surface area contributed by atoms with Crippen LogP contribution in [-0.4, -0.2) is 4.98 Å². The minimum absolute atomic E-state index is 0.360. The van der Waals surface area contributed by atoms with Crippen LogP contribution in [0, 0.1) is 13.8 Å². The van der Waals surface area contributed by atoms with Crippen molar-refractivity contribution in [2.45, 2.75) is 38.6 Å². The molecule has 60 heavy (non-hydrogen) atoms. The molecule has 2 aliphatic carbocycles. The molecule has 2 aliphatic rings. The first-order valence-electron chi connectivity index (χ1n) is 20.9. The van der Waals surface area contributed by atoms with Crippen LogP contribution in [-0.2, 0) is 12.0 Å². The van der Waals surface area contributed by atoms with Crippen molar-refractivity contribution >= 4 is 31.6 Å². The zero-order chi connectivity index (χ0) is 40.9. The van der Waals surface area contributed by atoms with E-state index in [4.69, 9.17) is 10.7 Å². The number of aryl methyl sites for hydroxylation is 2. The Morgan fingerprint density at radius 2 is 1.23 bits per heavy atom. The predicted molar refractivity (Wildman–Crippen MR) is 256 cm³/mol. The van der Waals surface area contributed by atoms with Crippen LogP contribution in [0.5, 0.6) is 0 Å². The standard InChI is InChI=1S/C43H31NS.C7H9N.C7H8/c1-28-25-29(27-30(26-28)34-23-24-44-41-36-18-9-11-22-39(36)45-42(34)41)33-19-12-21-38-40(33)35-17-8-10-20-37(35)43(38,31-13-4-2-5-14-31)32-15-6-3-7-16-32;8-6-7-4-2-1-3-5-7;1-7-5-3-2-4-6-7/h2,4-6,8-27H,3,7H2,1H3;1-5H,6,8H2;2-6H,1H3. The molecule has 11 rings (SSSR count). The van der Waals surface area contributed by atoms with Crippen LogP contribution in [0.25, 0.3) is 53.7 Å². The molecule has 2 heterocycles. The fourth-order valence-electron chi connectivity index (χ4n) is 9.01. The zero-order valence-electron chi connectivity index (χ0n) is 34.2. The number of nitrogens with zero attached hydrogens (tertiary/aromatic N) is 1. The van der Waals surface area contributed by atoms with Gasteiger partial charge in [-0.05, 0) is 106 Å². The summed E-state index contributed by atoms with van der Waals surface area (Å²) in [6, 6.07) is 65.3. The fourth-order valence-corrected chi connectivity index (χ4v) is 10.2. The third-order valence-electron chi connectivity index (χ3n) is 11.7. The van der Waals surface area contributed by atoms with Gasteiger partial charge >= 0.3 is 0 Å². The molecule has 2 aromatic heterocycles. The summed E-state index contributed by atoms with van der Waals surface area (Å²) in [6.45, 7) is 4.94. The average Bonchev–Trinajstić information content (AvgIpc) is 3.85. The number of hydrogen-bond donors (Lipinski definition) is 1. The number of benzene rings is 7. The molecule has 0 spiro atoms. The Labute approximate surface area is 358 Å². The quantitative estimate of drug-likeness (QED) is 0.189. The first-order valence-corrected chi connectivity index (χ1v) is 21.7. The van der Waals surface area contributed by atoms with Gasteiger partial charge < -0.3 is 5.73 Å². The number of rotatable bonds is 5. The predicted octanol–water partition coefficient (Wildman–Crippen LogP) is 14.8. The van der Waals surface area contributed by atoms with Crippen molar-refractivity contribution in [3.05, 3.63) is 245 Å². The van der Waals surface area contributed by atoms with Crippen molar-refractivity contribution in [1.29, 1.82) is 0 Å². The van der Waals surface area contributed by atoms with Crippen molar-refractivity contribution < 1.29 is 0 Å². The summed E-state index contributed by atoms with van der Waals surface area (Å²) in [5, 5.41) is 1.23. The van der Waals surface area contributed by atoms with Crippen molar-refractivity contribution in [3.63, 3.8) is 0 Å². The van der Waals surface area contributed by atoms with Crippen LogP contribution in [0.2, 0.25) is 0 Å². The third-order valence-corrected chi connectivity index (χ3v) is 12.9. The molecular weight excluding hydrogens is 745 g/mol. The van der Waals surface area contributed by atoms with Crippen LogP contribution >= 0.6 is 11.3 Å². The van der Waals surface area contributed by atoms with Crippen molar-refractivity contribution in [3.8, 4) is 33.4 Å². The maximum Gasteiger partial charge on any atom is 0.0894 e. The SMILES string of the molecule is Cc1cc(-c2cccc3c2-c2ccccc2C3(C2=CCCC=C2)c2ccccc2)cc(-c2ccnc3c2sc2ccccc23)c1.Cc1ccccc1.NCc1ccccc1. The molecule has 0 saturated carbocycles. The summed E-state index contributed by atoms with van der Waals surface area (Å²) >= 11 is 1.84. The number of hydrogen-bond acceptors (Lipinski definition) is 3. The lowest BCUT2D eigenvalue weighted by Crippen LogP contribution is -2.29. The Kier molecular flexibility index (Phi) is 11.2. The summed E-state index contributed by atoms with van der Waals surface area (Å²) < 4.78 is 2.53. The van der Waals surface area contributed by atoms with Gasteiger partial charge in [-0.15, -0.1) is 11.3 Å². The van der Waals surface area contributed by atoms with Gasteiger partial charge in [0.05, 0.1) is 15.6 Å². The maximum absolute atomic E-state index is 5.35. The van der Waals surface area contributed by atoms with Gasteiger partial charge in [0.2, 0.25) is 0 Å². The Hall–Kier alpha value is -6.65. The second-order valence-corrected chi connectivity index (χ2v) is 16.6. The van der Waals surface area contributed by atoms with Crippen LogP contribution in [0.3, 0.4) is 0 Å². The first kappa shape index (κ1) is 38.8. The number of allylic oxidation sites excluding steroid dienone is 4. The summed E-state index contributed by atoms with van der Waals surface area (Å²) in [5.41, 5.74) is 22.9. The lowest BCUT2D eigenvalue weighted by molar-refractivity contribution is 0.751. The van der Waals surface area contributed by atoms with Gasteiger partial charge in [0.1, 0.15) is 0 Å². The fraction of sp³-hybridized carbons (Fsp3) is 0.105. The zero-order valence-corrected chi connectivity index (χ0v) is 35.0. The van der Waals surface area contributed by atoms with Gasteiger partial charge in [-0.2, -0.15) is 0 Å². The lowest BCUT2D eigenvalue weighted by atomic mass is 9.66. The van der Waals surface area contributed by atoms with Gasteiger partial charge in [0.25, 0.3) is 0 Å². The van der Waals surface area contributed by atoms with E-state index in [1.807, 2.05) is 66.1 Å². The number of thiophene rings is 1. The van der Waals surface area contributed by atoms with Crippen LogP contribution in [0.1, 0.15) is 46.2 Å². The number of fused-ring (bicyclic) bond motifs is 6. The molecule has 0 radical (unpaired) electrons. The van der Waals surface area contributed by atoms with Crippen molar-refractivity contribution in [2.75, 3.05) is 0 Å². The highest BCUT2D eigenvalue weighted by molar-refractivity contribution is 7.26. The summed E-state index contributed by atoms with van der Waals surface area (Å²) in [7, 11) is 0. The summed E-state index contributed by atoms with van der Waals surface area (Å²) in [4.78, 5) is 4.82. The second kappa shape index (κ2) is 17.3. The largest absolute Gasteiger partial charge is 0.326 e. The number of nitrogens with two attached hydrogens (primary N) is 1. The Morgan fingerprint density at radius 3 is 1.93 bits per heavy atom.